The van der Waals surface area contributed by atoms with Gasteiger partial charge in [0.25, 0.3) is 5.91 Å². The van der Waals surface area contributed by atoms with E-state index in [0.29, 0.717) is 5.92 Å². The number of thiophene rings is 1. The summed E-state index contributed by atoms with van der Waals surface area (Å²) in [4.78, 5) is 23.8. The number of fused-ring (bicyclic) bond motifs is 1. The van der Waals surface area contributed by atoms with Crippen LogP contribution in [0.2, 0.25) is 0 Å². The molecule has 0 bridgehead atoms. The molecule has 0 atom stereocenters. The molecule has 0 saturated carbocycles. The van der Waals surface area contributed by atoms with Crippen LogP contribution in [0.15, 0.2) is 18.2 Å². The van der Waals surface area contributed by atoms with E-state index < -0.39 is 0 Å². The van der Waals surface area contributed by atoms with E-state index in [1.165, 1.54) is 15.8 Å². The molecule has 3 aromatic rings. The number of hydrogen-bond donors (Lipinski definition) is 2. The number of pyridine rings is 1. The van der Waals surface area contributed by atoms with Gasteiger partial charge in [-0.3, -0.25) is 9.78 Å². The summed E-state index contributed by atoms with van der Waals surface area (Å²) in [5.41, 5.74) is 6.71. The molecule has 0 radical (unpaired) electrons. The fraction of sp³-hybridized carbons (Fsp3) is 0.429. The van der Waals surface area contributed by atoms with Crippen molar-refractivity contribution in [2.45, 2.75) is 33.6 Å². The first-order valence-corrected chi connectivity index (χ1v) is 10.4. The molecule has 1 aliphatic rings. The molecule has 2 N–H and O–H groups in total. The number of aryl methyl sites for hydroxylation is 2. The zero-order valence-electron chi connectivity index (χ0n) is 16.3. The van der Waals surface area contributed by atoms with E-state index in [9.17, 15) is 4.79 Å². The fourth-order valence-electron chi connectivity index (χ4n) is 3.89. The van der Waals surface area contributed by atoms with Crippen molar-refractivity contribution in [2.75, 3.05) is 26.2 Å². The summed E-state index contributed by atoms with van der Waals surface area (Å²) in [7, 11) is 0. The van der Waals surface area contributed by atoms with Crippen LogP contribution in [-0.4, -0.2) is 47.0 Å². The number of aromatic nitrogens is 2. The largest absolute Gasteiger partial charge is 0.354 e. The highest BCUT2D eigenvalue weighted by molar-refractivity contribution is 7.21. The maximum Gasteiger partial charge on any atom is 0.264 e. The number of H-pyrrole nitrogens is 1. The van der Waals surface area contributed by atoms with E-state index in [2.05, 4.69) is 41.3 Å². The zero-order valence-corrected chi connectivity index (χ0v) is 17.2. The number of hydrogen-bond acceptors (Lipinski definition) is 4. The lowest BCUT2D eigenvalue weighted by molar-refractivity contribution is 0.0741. The third kappa shape index (κ3) is 3.39. The molecule has 0 aromatic carbocycles. The van der Waals surface area contributed by atoms with Crippen molar-refractivity contribution < 1.29 is 4.79 Å². The summed E-state index contributed by atoms with van der Waals surface area (Å²) in [5, 5.41) is 3.30. The second-order valence-corrected chi connectivity index (χ2v) is 8.65. The van der Waals surface area contributed by atoms with Crippen LogP contribution in [0.4, 0.5) is 0 Å². The van der Waals surface area contributed by atoms with E-state index in [-0.39, 0.29) is 5.91 Å². The van der Waals surface area contributed by atoms with Crippen LogP contribution in [0.3, 0.4) is 0 Å². The van der Waals surface area contributed by atoms with Crippen LogP contribution < -0.4 is 5.32 Å². The zero-order chi connectivity index (χ0) is 19.1. The Balaban J connectivity index is 1.78. The third-order valence-electron chi connectivity index (χ3n) is 5.07. The Morgan fingerprint density at radius 1 is 1.15 bits per heavy atom. The Morgan fingerprint density at radius 3 is 2.44 bits per heavy atom. The summed E-state index contributed by atoms with van der Waals surface area (Å²) in [6.45, 7) is 11.8. The van der Waals surface area contributed by atoms with Crippen LogP contribution in [0.25, 0.3) is 21.5 Å². The van der Waals surface area contributed by atoms with Gasteiger partial charge < -0.3 is 15.2 Å². The summed E-state index contributed by atoms with van der Waals surface area (Å²) in [6.07, 6.45) is 0. The van der Waals surface area contributed by atoms with Gasteiger partial charge in [-0.25, -0.2) is 0 Å². The minimum absolute atomic E-state index is 0.151. The molecule has 27 heavy (non-hydrogen) atoms. The SMILES string of the molecule is Cc1cc(-c2[nH]c3cc(C(=O)N4CCNCC4)sc3c2C(C)C)cc(C)n1. The number of piperazine rings is 1. The van der Waals surface area contributed by atoms with Crippen molar-refractivity contribution in [1.29, 1.82) is 0 Å². The smallest absolute Gasteiger partial charge is 0.264 e. The molecule has 1 saturated heterocycles. The van der Waals surface area contributed by atoms with Crippen molar-refractivity contribution in [2.24, 2.45) is 0 Å². The van der Waals surface area contributed by atoms with Crippen LogP contribution in [0.1, 0.15) is 46.4 Å². The van der Waals surface area contributed by atoms with E-state index >= 15 is 0 Å². The van der Waals surface area contributed by atoms with Gasteiger partial charge in [0, 0.05) is 43.1 Å². The monoisotopic (exact) mass is 382 g/mol. The van der Waals surface area contributed by atoms with E-state index in [0.717, 1.165) is 53.7 Å². The Bertz CT molecular complexity index is 975. The molecule has 1 fully saturated rings. The van der Waals surface area contributed by atoms with E-state index in [4.69, 9.17) is 0 Å². The number of nitrogens with zero attached hydrogens (tertiary/aromatic N) is 2. The third-order valence-corrected chi connectivity index (χ3v) is 6.22. The lowest BCUT2D eigenvalue weighted by Gasteiger charge is -2.26. The first-order chi connectivity index (χ1) is 12.9. The highest BCUT2D eigenvalue weighted by Gasteiger charge is 2.24. The number of amides is 1. The quantitative estimate of drug-likeness (QED) is 0.718. The summed E-state index contributed by atoms with van der Waals surface area (Å²) < 4.78 is 1.20. The van der Waals surface area contributed by atoms with Crippen molar-refractivity contribution >= 4 is 27.5 Å². The molecule has 0 unspecified atom stereocenters. The van der Waals surface area contributed by atoms with Gasteiger partial charge in [-0.05, 0) is 43.5 Å². The second-order valence-electron chi connectivity index (χ2n) is 7.60. The first kappa shape index (κ1) is 18.2. The molecule has 6 heteroatoms. The van der Waals surface area contributed by atoms with Crippen molar-refractivity contribution in [3.05, 3.63) is 40.0 Å². The van der Waals surface area contributed by atoms with Crippen molar-refractivity contribution in [3.8, 4) is 11.3 Å². The number of aromatic amines is 1. The van der Waals surface area contributed by atoms with E-state index in [1.54, 1.807) is 11.3 Å². The van der Waals surface area contributed by atoms with Gasteiger partial charge in [-0.1, -0.05) is 13.8 Å². The molecule has 5 nitrogen and oxygen atoms in total. The first-order valence-electron chi connectivity index (χ1n) is 9.55. The van der Waals surface area contributed by atoms with Crippen LogP contribution in [0.5, 0.6) is 0 Å². The molecule has 0 aliphatic carbocycles. The standard InChI is InChI=1S/C21H26N4OS/c1-12(2)18-19(15-9-13(3)23-14(4)10-15)24-16-11-17(27-20(16)18)21(26)25-7-5-22-6-8-25/h9-12,22,24H,5-8H2,1-4H3. The molecule has 4 heterocycles. The Morgan fingerprint density at radius 2 is 1.81 bits per heavy atom. The molecule has 4 rings (SSSR count). The summed E-state index contributed by atoms with van der Waals surface area (Å²) in [5.74, 6) is 0.515. The Hall–Kier alpha value is -2.18. The predicted molar refractivity (Wildman–Crippen MR) is 112 cm³/mol. The molecule has 0 spiro atoms. The van der Waals surface area contributed by atoms with Gasteiger partial charge in [0.15, 0.2) is 0 Å². The lowest BCUT2D eigenvalue weighted by atomic mass is 9.99. The molecule has 142 valence electrons. The Labute approximate surface area is 163 Å². The molecular formula is C21H26N4OS. The normalized spacial score (nSPS) is 15.1. The highest BCUT2D eigenvalue weighted by Crippen LogP contribution is 2.40. The Kier molecular flexibility index (Phi) is 4.78. The number of carbonyl (C=O) groups is 1. The topological polar surface area (TPSA) is 61.0 Å². The van der Waals surface area contributed by atoms with Crippen molar-refractivity contribution in [1.82, 2.24) is 20.2 Å². The van der Waals surface area contributed by atoms with E-state index in [1.807, 2.05) is 24.8 Å². The summed E-state index contributed by atoms with van der Waals surface area (Å²) >= 11 is 1.62. The van der Waals surface area contributed by atoms with Gasteiger partial charge in [-0.15, -0.1) is 11.3 Å². The highest BCUT2D eigenvalue weighted by atomic mass is 32.1. The van der Waals surface area contributed by atoms with Gasteiger partial charge in [-0.2, -0.15) is 0 Å². The predicted octanol–water partition coefficient (Wildman–Crippen LogP) is 4.08. The number of rotatable bonds is 3. The molecular weight excluding hydrogens is 356 g/mol. The second kappa shape index (κ2) is 7.09. The molecule has 3 aromatic heterocycles. The van der Waals surface area contributed by atoms with Gasteiger partial charge in [0.2, 0.25) is 0 Å². The average molecular weight is 383 g/mol. The maximum atomic E-state index is 12.9. The number of nitrogens with one attached hydrogen (secondary N) is 2. The van der Waals surface area contributed by atoms with Crippen LogP contribution >= 0.6 is 11.3 Å². The maximum absolute atomic E-state index is 12.9. The number of carbonyl (C=O) groups excluding carboxylic acids is 1. The van der Waals surface area contributed by atoms with Crippen LogP contribution in [0, 0.1) is 13.8 Å². The molecule has 1 amide bonds. The minimum atomic E-state index is 0.151. The van der Waals surface area contributed by atoms with Crippen molar-refractivity contribution in [3.63, 3.8) is 0 Å². The van der Waals surface area contributed by atoms with Gasteiger partial charge >= 0.3 is 0 Å². The van der Waals surface area contributed by atoms with Gasteiger partial charge in [0.1, 0.15) is 0 Å². The van der Waals surface area contributed by atoms with Gasteiger partial charge in [0.05, 0.1) is 20.8 Å². The molecule has 1 aliphatic heterocycles. The minimum Gasteiger partial charge on any atom is -0.354 e. The average Bonchev–Trinajstić information content (AvgIpc) is 3.18. The lowest BCUT2D eigenvalue weighted by Crippen LogP contribution is -2.46. The van der Waals surface area contributed by atoms with Crippen LogP contribution in [-0.2, 0) is 0 Å². The fourth-order valence-corrected chi connectivity index (χ4v) is 5.17. The summed E-state index contributed by atoms with van der Waals surface area (Å²) in [6, 6.07) is 6.28.